The first-order chi connectivity index (χ1) is 9.63. The topological polar surface area (TPSA) is 43.8 Å². The first-order valence-electron chi connectivity index (χ1n) is 7.19. The number of halogens is 1. The lowest BCUT2D eigenvalue weighted by Gasteiger charge is -2.13. The second-order valence-corrected chi connectivity index (χ2v) is 5.56. The first kappa shape index (κ1) is 15.1. The van der Waals surface area contributed by atoms with Crippen molar-refractivity contribution < 1.29 is 0 Å². The zero-order valence-electron chi connectivity index (χ0n) is 12.1. The van der Waals surface area contributed by atoms with Crippen molar-refractivity contribution in [2.45, 2.75) is 45.2 Å². The number of aromatic nitrogens is 2. The van der Waals surface area contributed by atoms with Crippen LogP contribution in [0, 0.1) is 0 Å². The van der Waals surface area contributed by atoms with Crippen LogP contribution in [0.4, 0.5) is 0 Å². The second-order valence-electron chi connectivity index (χ2n) is 5.12. The summed E-state index contributed by atoms with van der Waals surface area (Å²) in [5.74, 6) is 0. The van der Waals surface area contributed by atoms with Crippen LogP contribution in [0.15, 0.2) is 36.5 Å². The second kappa shape index (κ2) is 6.91. The van der Waals surface area contributed by atoms with Gasteiger partial charge >= 0.3 is 0 Å². The van der Waals surface area contributed by atoms with E-state index in [1.165, 1.54) is 0 Å². The highest BCUT2D eigenvalue weighted by atomic mass is 35.5. The molecular weight excluding hydrogens is 270 g/mol. The van der Waals surface area contributed by atoms with Gasteiger partial charge in [0.1, 0.15) is 0 Å². The number of nitrogens with zero attached hydrogens (tertiary/aromatic N) is 2. The fraction of sp³-hybridized carbons (Fsp3) is 0.438. The van der Waals surface area contributed by atoms with E-state index in [2.05, 4.69) is 35.9 Å². The summed E-state index contributed by atoms with van der Waals surface area (Å²) in [4.78, 5) is 0. The van der Waals surface area contributed by atoms with Crippen LogP contribution in [0.5, 0.6) is 0 Å². The molecule has 0 aliphatic carbocycles. The van der Waals surface area contributed by atoms with E-state index in [1.54, 1.807) is 0 Å². The molecule has 0 spiro atoms. The van der Waals surface area contributed by atoms with E-state index in [9.17, 15) is 0 Å². The van der Waals surface area contributed by atoms with Gasteiger partial charge in [0.25, 0.3) is 0 Å². The molecule has 0 saturated heterocycles. The number of hydrogen-bond acceptors (Lipinski definition) is 2. The van der Waals surface area contributed by atoms with Crippen molar-refractivity contribution in [3.8, 4) is 0 Å². The molecule has 0 bridgehead atoms. The van der Waals surface area contributed by atoms with E-state index in [-0.39, 0.29) is 6.04 Å². The van der Waals surface area contributed by atoms with Crippen LogP contribution in [0.1, 0.15) is 50.0 Å². The largest absolute Gasteiger partial charge is 0.324 e. The van der Waals surface area contributed by atoms with Gasteiger partial charge in [0, 0.05) is 23.7 Å². The molecule has 108 valence electrons. The highest BCUT2D eigenvalue weighted by Crippen LogP contribution is 2.19. The molecule has 0 aliphatic heterocycles. The smallest absolute Gasteiger partial charge is 0.0643 e. The maximum absolute atomic E-state index is 6.24. The third-order valence-corrected chi connectivity index (χ3v) is 3.96. The Kier molecular flexibility index (Phi) is 5.21. The maximum atomic E-state index is 6.24. The van der Waals surface area contributed by atoms with E-state index >= 15 is 0 Å². The first-order valence-corrected chi connectivity index (χ1v) is 7.56. The lowest BCUT2D eigenvalue weighted by molar-refractivity contribution is 0.424. The fourth-order valence-electron chi connectivity index (χ4n) is 2.41. The predicted molar refractivity (Wildman–Crippen MR) is 83.9 cm³/mol. The zero-order valence-corrected chi connectivity index (χ0v) is 12.8. The van der Waals surface area contributed by atoms with Crippen LogP contribution in [0.25, 0.3) is 0 Å². The maximum Gasteiger partial charge on any atom is 0.0643 e. The molecule has 1 heterocycles. The van der Waals surface area contributed by atoms with Gasteiger partial charge in [0.15, 0.2) is 0 Å². The standard InChI is InChI=1S/C16H22ClN3/c1-3-15(4-2)20-10-9-14(19-20)11-16(18)12-5-7-13(17)8-6-12/h5-10,15-16H,3-4,11,18H2,1-2H3. The van der Waals surface area contributed by atoms with Crippen molar-refractivity contribution in [3.63, 3.8) is 0 Å². The van der Waals surface area contributed by atoms with Crippen LogP contribution in [0.2, 0.25) is 5.02 Å². The summed E-state index contributed by atoms with van der Waals surface area (Å²) in [6, 6.07) is 10.2. The summed E-state index contributed by atoms with van der Waals surface area (Å²) >= 11 is 5.89. The Morgan fingerprint density at radius 2 is 1.80 bits per heavy atom. The summed E-state index contributed by atoms with van der Waals surface area (Å²) in [6.45, 7) is 4.38. The molecule has 20 heavy (non-hydrogen) atoms. The monoisotopic (exact) mass is 291 g/mol. The number of nitrogens with two attached hydrogens (primary N) is 1. The summed E-state index contributed by atoms with van der Waals surface area (Å²) in [7, 11) is 0. The molecule has 2 rings (SSSR count). The van der Waals surface area contributed by atoms with Crippen LogP contribution in [0.3, 0.4) is 0 Å². The highest BCUT2D eigenvalue weighted by molar-refractivity contribution is 6.30. The van der Waals surface area contributed by atoms with E-state index in [0.717, 1.165) is 35.5 Å². The van der Waals surface area contributed by atoms with Crippen LogP contribution < -0.4 is 5.73 Å². The molecule has 0 fully saturated rings. The Bertz CT molecular complexity index is 529. The molecule has 1 aromatic heterocycles. The van der Waals surface area contributed by atoms with Gasteiger partial charge in [-0.05, 0) is 36.6 Å². The molecule has 1 atom stereocenters. The van der Waals surface area contributed by atoms with Gasteiger partial charge in [-0.2, -0.15) is 5.10 Å². The summed E-state index contributed by atoms with van der Waals surface area (Å²) in [5, 5.41) is 5.38. The third kappa shape index (κ3) is 3.62. The molecule has 2 aromatic rings. The molecule has 1 unspecified atom stereocenters. The van der Waals surface area contributed by atoms with Crippen molar-refractivity contribution in [3.05, 3.63) is 52.8 Å². The highest BCUT2D eigenvalue weighted by Gasteiger charge is 2.12. The number of benzene rings is 1. The molecule has 0 aliphatic rings. The van der Waals surface area contributed by atoms with Crippen molar-refractivity contribution in [1.82, 2.24) is 9.78 Å². The van der Waals surface area contributed by atoms with Gasteiger partial charge in [-0.15, -0.1) is 0 Å². The number of rotatable bonds is 6. The minimum Gasteiger partial charge on any atom is -0.324 e. The predicted octanol–water partition coefficient (Wildman–Crippen LogP) is 4.14. The Morgan fingerprint density at radius 3 is 2.40 bits per heavy atom. The SMILES string of the molecule is CCC(CC)n1ccc(CC(N)c2ccc(Cl)cc2)n1. The molecule has 2 N–H and O–H groups in total. The van der Waals surface area contributed by atoms with E-state index in [0.29, 0.717) is 6.04 Å². The minimum absolute atomic E-state index is 0.0441. The molecular formula is C16H22ClN3. The Morgan fingerprint density at radius 1 is 1.15 bits per heavy atom. The Balaban J connectivity index is 2.04. The number of hydrogen-bond donors (Lipinski definition) is 1. The zero-order chi connectivity index (χ0) is 14.5. The van der Waals surface area contributed by atoms with E-state index in [1.807, 2.05) is 24.3 Å². The van der Waals surface area contributed by atoms with Crippen molar-refractivity contribution >= 4 is 11.6 Å². The third-order valence-electron chi connectivity index (χ3n) is 3.71. The lowest BCUT2D eigenvalue weighted by Crippen LogP contribution is -2.14. The van der Waals surface area contributed by atoms with Gasteiger partial charge in [-0.1, -0.05) is 37.6 Å². The van der Waals surface area contributed by atoms with Crippen molar-refractivity contribution in [2.75, 3.05) is 0 Å². The summed E-state index contributed by atoms with van der Waals surface area (Å²) < 4.78 is 2.06. The average Bonchev–Trinajstić information content (AvgIpc) is 2.89. The van der Waals surface area contributed by atoms with Crippen LogP contribution in [-0.4, -0.2) is 9.78 Å². The summed E-state index contributed by atoms with van der Waals surface area (Å²) in [5.41, 5.74) is 8.37. The lowest BCUT2D eigenvalue weighted by atomic mass is 10.0. The fourth-order valence-corrected chi connectivity index (χ4v) is 2.53. The van der Waals surface area contributed by atoms with E-state index in [4.69, 9.17) is 17.3 Å². The molecule has 3 nitrogen and oxygen atoms in total. The van der Waals surface area contributed by atoms with Gasteiger partial charge in [-0.3, -0.25) is 4.68 Å². The molecule has 4 heteroatoms. The van der Waals surface area contributed by atoms with Crippen LogP contribution in [-0.2, 0) is 6.42 Å². The molecule has 0 amide bonds. The van der Waals surface area contributed by atoms with Crippen molar-refractivity contribution in [2.24, 2.45) is 5.73 Å². The quantitative estimate of drug-likeness (QED) is 0.869. The molecule has 0 radical (unpaired) electrons. The Hall–Kier alpha value is -1.32. The van der Waals surface area contributed by atoms with E-state index < -0.39 is 0 Å². The minimum atomic E-state index is -0.0441. The summed E-state index contributed by atoms with van der Waals surface area (Å²) in [6.07, 6.45) is 5.00. The van der Waals surface area contributed by atoms with Gasteiger partial charge in [-0.25, -0.2) is 0 Å². The average molecular weight is 292 g/mol. The Labute approximate surface area is 125 Å². The van der Waals surface area contributed by atoms with Crippen LogP contribution >= 0.6 is 11.6 Å². The van der Waals surface area contributed by atoms with Gasteiger partial charge < -0.3 is 5.73 Å². The van der Waals surface area contributed by atoms with Gasteiger partial charge in [0.2, 0.25) is 0 Å². The van der Waals surface area contributed by atoms with Crippen molar-refractivity contribution in [1.29, 1.82) is 0 Å². The normalized spacial score (nSPS) is 12.8. The molecule has 0 saturated carbocycles. The molecule has 1 aromatic carbocycles. The van der Waals surface area contributed by atoms with Gasteiger partial charge in [0.05, 0.1) is 11.7 Å².